The normalized spacial score (nSPS) is 12.8. The second-order valence-corrected chi connectivity index (χ2v) is 9.71. The summed E-state index contributed by atoms with van der Waals surface area (Å²) < 4.78 is 9.92. The number of carbonyl (C=O) groups is 1. The number of aryl methyl sites for hydroxylation is 1. The van der Waals surface area contributed by atoms with Gasteiger partial charge in [0.2, 0.25) is 0 Å². The first-order chi connectivity index (χ1) is 14.6. The Bertz CT molecular complexity index is 1350. The maximum atomic E-state index is 12.8. The van der Waals surface area contributed by atoms with Crippen LogP contribution >= 0.6 is 15.9 Å². The Morgan fingerprint density at radius 3 is 2.70 bits per heavy atom. The molecule has 5 rings (SSSR count). The molecule has 150 valence electrons. The molecule has 0 amide bonds. The zero-order valence-electron chi connectivity index (χ0n) is 16.3. The molecular formula is C22H17BrN4O2Se. The fourth-order valence-electron chi connectivity index (χ4n) is 3.75. The Hall–Kier alpha value is -2.67. The Morgan fingerprint density at radius 2 is 1.97 bits per heavy atom. The number of nitrogens with zero attached hydrogens (tertiary/aromatic N) is 3. The summed E-state index contributed by atoms with van der Waals surface area (Å²) in [7, 11) is 1.40. The van der Waals surface area contributed by atoms with E-state index in [1.165, 1.54) is 7.11 Å². The number of ether oxygens (including phenoxy) is 1. The zero-order valence-corrected chi connectivity index (χ0v) is 19.6. The van der Waals surface area contributed by atoms with Crippen molar-refractivity contribution in [3.05, 3.63) is 58.7 Å². The van der Waals surface area contributed by atoms with E-state index in [-0.39, 0.29) is 20.9 Å². The first kappa shape index (κ1) is 19.3. The molecule has 0 saturated heterocycles. The molecule has 0 spiro atoms. The van der Waals surface area contributed by atoms with Crippen molar-refractivity contribution in [1.82, 2.24) is 9.55 Å². The summed E-state index contributed by atoms with van der Waals surface area (Å²) in [6.07, 6.45) is 0. The van der Waals surface area contributed by atoms with Crippen LogP contribution in [-0.2, 0) is 11.3 Å². The number of pyridine rings is 1. The number of hydrogen-bond acceptors (Lipinski definition) is 5. The molecule has 8 heteroatoms. The summed E-state index contributed by atoms with van der Waals surface area (Å²) in [6, 6.07) is 16.0. The van der Waals surface area contributed by atoms with E-state index in [2.05, 4.69) is 21.2 Å². The molecule has 4 aromatic rings. The molecule has 0 radical (unpaired) electrons. The van der Waals surface area contributed by atoms with E-state index >= 15 is 0 Å². The van der Waals surface area contributed by atoms with Crippen LogP contribution in [0.4, 0.5) is 11.4 Å². The van der Waals surface area contributed by atoms with Crippen LogP contribution in [0.2, 0.25) is 0 Å². The second-order valence-electron chi connectivity index (χ2n) is 6.74. The van der Waals surface area contributed by atoms with Gasteiger partial charge >= 0.3 is 188 Å². The molecule has 0 saturated carbocycles. The third kappa shape index (κ3) is 3.03. The molecule has 2 aromatic heterocycles. The molecule has 2 aromatic carbocycles. The van der Waals surface area contributed by atoms with Crippen LogP contribution in [0, 0.1) is 0 Å². The number of fused-ring (bicyclic) bond motifs is 2. The number of para-hydroxylation sites is 1. The van der Waals surface area contributed by atoms with Gasteiger partial charge < -0.3 is 0 Å². The topological polar surface area (TPSA) is 68.5 Å². The van der Waals surface area contributed by atoms with Crippen LogP contribution in [-0.4, -0.2) is 42.3 Å². The molecule has 0 bridgehead atoms. The fraction of sp³-hybridized carbons (Fsp3) is 0.136. The molecule has 0 aliphatic carbocycles. The van der Waals surface area contributed by atoms with Gasteiger partial charge in [-0.05, 0) is 0 Å². The van der Waals surface area contributed by atoms with E-state index in [0.29, 0.717) is 17.9 Å². The SMILES string of the molecule is CCn1c(C(=O)OC)c2c3c(nc4ccccc4c31)[Se]C(Nc1ccc(Br)cc1)=N2. The monoisotopic (exact) mass is 528 g/mol. The maximum absolute atomic E-state index is 12.8. The summed E-state index contributed by atoms with van der Waals surface area (Å²) >= 11 is 3.33. The van der Waals surface area contributed by atoms with Crippen LogP contribution in [0.3, 0.4) is 0 Å². The number of amidine groups is 1. The van der Waals surface area contributed by atoms with Crippen molar-refractivity contribution in [2.24, 2.45) is 4.99 Å². The molecule has 3 heterocycles. The van der Waals surface area contributed by atoms with Crippen molar-refractivity contribution in [2.75, 3.05) is 12.4 Å². The van der Waals surface area contributed by atoms with Crippen molar-refractivity contribution in [3.8, 4) is 0 Å². The van der Waals surface area contributed by atoms with Crippen molar-refractivity contribution in [2.45, 2.75) is 13.5 Å². The number of aromatic nitrogens is 2. The first-order valence-corrected chi connectivity index (χ1v) is 11.9. The Labute approximate surface area is 187 Å². The van der Waals surface area contributed by atoms with Crippen molar-refractivity contribution >= 4 is 79.4 Å². The fourth-order valence-corrected chi connectivity index (χ4v) is 5.97. The molecule has 0 unspecified atom stereocenters. The van der Waals surface area contributed by atoms with Gasteiger partial charge in [-0.25, -0.2) is 0 Å². The standard InChI is InChI=1S/C22H17BrN4O2Se/c1-3-27-18-14-6-4-5-7-15(14)25-20-16(18)17(19(27)21(28)29-2)26-22(30-20)24-13-10-8-12(23)9-11-13/h4-11H,3H2,1-2H3,(H,24,26). The molecule has 1 aliphatic heterocycles. The van der Waals surface area contributed by atoms with Gasteiger partial charge in [0.25, 0.3) is 0 Å². The van der Waals surface area contributed by atoms with E-state index in [4.69, 9.17) is 14.7 Å². The number of aliphatic imine (C=N–C) groups is 1. The second kappa shape index (κ2) is 7.54. The third-order valence-corrected chi connectivity index (χ3v) is 7.40. The number of benzene rings is 2. The summed E-state index contributed by atoms with van der Waals surface area (Å²) in [5, 5.41) is 5.38. The number of esters is 1. The average Bonchev–Trinajstić information content (AvgIpc) is 3.10. The van der Waals surface area contributed by atoms with Gasteiger partial charge in [0.15, 0.2) is 0 Å². The number of nitrogens with one attached hydrogen (secondary N) is 1. The average molecular weight is 528 g/mol. The predicted octanol–water partition coefficient (Wildman–Crippen LogP) is 4.20. The number of methoxy groups -OCH3 is 1. The molecule has 0 atom stereocenters. The van der Waals surface area contributed by atoms with Crippen molar-refractivity contribution in [3.63, 3.8) is 0 Å². The Morgan fingerprint density at radius 1 is 1.20 bits per heavy atom. The van der Waals surface area contributed by atoms with E-state index in [1.54, 1.807) is 0 Å². The molecule has 30 heavy (non-hydrogen) atoms. The van der Waals surface area contributed by atoms with Gasteiger partial charge in [0.05, 0.1) is 0 Å². The van der Waals surface area contributed by atoms with E-state index < -0.39 is 0 Å². The van der Waals surface area contributed by atoms with Crippen LogP contribution in [0.15, 0.2) is 58.0 Å². The zero-order chi connectivity index (χ0) is 20.8. The molecule has 1 N–H and O–H groups in total. The third-order valence-electron chi connectivity index (χ3n) is 5.03. The van der Waals surface area contributed by atoms with Crippen molar-refractivity contribution in [1.29, 1.82) is 0 Å². The first-order valence-electron chi connectivity index (χ1n) is 9.43. The minimum atomic E-state index is -0.390. The van der Waals surface area contributed by atoms with Gasteiger partial charge in [-0.15, -0.1) is 0 Å². The Balaban J connectivity index is 1.78. The van der Waals surface area contributed by atoms with Gasteiger partial charge in [0, 0.05) is 0 Å². The van der Waals surface area contributed by atoms with Gasteiger partial charge in [-0.1, -0.05) is 0 Å². The van der Waals surface area contributed by atoms with Crippen molar-refractivity contribution < 1.29 is 9.53 Å². The number of rotatable bonds is 3. The number of carbonyl (C=O) groups excluding carboxylic acids is 1. The minimum absolute atomic E-state index is 0.129. The van der Waals surface area contributed by atoms with Crippen LogP contribution < -0.4 is 9.91 Å². The quantitative estimate of drug-likeness (QED) is 0.320. The van der Waals surface area contributed by atoms with Gasteiger partial charge in [0.1, 0.15) is 0 Å². The van der Waals surface area contributed by atoms with Gasteiger partial charge in [-0.2, -0.15) is 0 Å². The molecule has 6 nitrogen and oxygen atoms in total. The molecular weight excluding hydrogens is 511 g/mol. The van der Waals surface area contributed by atoms with E-state index in [0.717, 1.165) is 41.3 Å². The van der Waals surface area contributed by atoms with Crippen LogP contribution in [0.25, 0.3) is 21.8 Å². The molecule has 0 fully saturated rings. The summed E-state index contributed by atoms with van der Waals surface area (Å²) in [5.41, 5.74) is 3.97. The predicted molar refractivity (Wildman–Crippen MR) is 125 cm³/mol. The van der Waals surface area contributed by atoms with Gasteiger partial charge in [-0.3, -0.25) is 0 Å². The summed E-state index contributed by atoms with van der Waals surface area (Å²) in [5.74, 6) is -0.390. The van der Waals surface area contributed by atoms with Crippen LogP contribution in [0.1, 0.15) is 17.4 Å². The Kier molecular flexibility index (Phi) is 4.85. The van der Waals surface area contributed by atoms with Crippen LogP contribution in [0.5, 0.6) is 0 Å². The summed E-state index contributed by atoms with van der Waals surface area (Å²) in [4.78, 5) is 22.6. The summed E-state index contributed by atoms with van der Waals surface area (Å²) in [6.45, 7) is 2.66. The molecule has 1 aliphatic rings. The number of anilines is 1. The van der Waals surface area contributed by atoms with E-state index in [1.807, 2.05) is 60.0 Å². The number of hydrogen-bond donors (Lipinski definition) is 1. The number of halogens is 1. The van der Waals surface area contributed by atoms with E-state index in [9.17, 15) is 4.79 Å².